The summed E-state index contributed by atoms with van der Waals surface area (Å²) in [6, 6.07) is 0.619. The third-order valence-corrected chi connectivity index (χ3v) is 4.37. The molecule has 1 fully saturated rings. The third kappa shape index (κ3) is 3.94. The van der Waals surface area contributed by atoms with E-state index in [1.54, 1.807) is 0 Å². The van der Waals surface area contributed by atoms with Gasteiger partial charge in [-0.1, -0.05) is 18.5 Å². The van der Waals surface area contributed by atoms with Gasteiger partial charge in [-0.2, -0.15) is 5.10 Å². The summed E-state index contributed by atoms with van der Waals surface area (Å²) in [6.45, 7) is 5.11. The van der Waals surface area contributed by atoms with Gasteiger partial charge in [0.2, 0.25) is 0 Å². The van der Waals surface area contributed by atoms with Crippen molar-refractivity contribution >= 4 is 11.6 Å². The molecule has 0 aliphatic heterocycles. The Bertz CT molecular complexity index is 391. The Labute approximate surface area is 120 Å². The fourth-order valence-corrected chi connectivity index (χ4v) is 2.59. The molecule has 2 N–H and O–H groups in total. The molecule has 19 heavy (non-hydrogen) atoms. The van der Waals surface area contributed by atoms with Gasteiger partial charge < -0.3 is 10.4 Å². The zero-order valence-corrected chi connectivity index (χ0v) is 12.6. The van der Waals surface area contributed by atoms with Gasteiger partial charge in [-0.3, -0.25) is 4.68 Å². The highest BCUT2D eigenvalue weighted by Gasteiger charge is 2.33. The molecule has 1 aromatic rings. The van der Waals surface area contributed by atoms with Crippen LogP contribution in [-0.4, -0.2) is 33.1 Å². The van der Waals surface area contributed by atoms with Crippen LogP contribution in [0.5, 0.6) is 0 Å². The van der Waals surface area contributed by atoms with E-state index in [2.05, 4.69) is 17.3 Å². The van der Waals surface area contributed by atoms with Crippen LogP contribution in [0.1, 0.15) is 44.7 Å². The van der Waals surface area contributed by atoms with Gasteiger partial charge in [-0.15, -0.1) is 0 Å². The van der Waals surface area contributed by atoms with Crippen LogP contribution in [-0.2, 0) is 6.54 Å². The zero-order valence-electron chi connectivity index (χ0n) is 11.8. The first-order valence-electron chi connectivity index (χ1n) is 7.16. The number of hydrogen-bond donors (Lipinski definition) is 2. The first-order valence-corrected chi connectivity index (χ1v) is 7.54. The van der Waals surface area contributed by atoms with Crippen LogP contribution in [0.4, 0.5) is 0 Å². The molecule has 1 heterocycles. The van der Waals surface area contributed by atoms with Gasteiger partial charge in [0.15, 0.2) is 0 Å². The lowest BCUT2D eigenvalue weighted by Gasteiger charge is -2.32. The molecule has 0 bridgehead atoms. The second-order valence-electron chi connectivity index (χ2n) is 5.64. The topological polar surface area (TPSA) is 50.1 Å². The second kappa shape index (κ2) is 6.25. The molecule has 0 radical (unpaired) electrons. The molecular weight excluding hydrogens is 262 g/mol. The normalized spacial score (nSPS) is 18.5. The van der Waals surface area contributed by atoms with E-state index in [0.29, 0.717) is 6.04 Å². The maximum atomic E-state index is 9.69. The fourth-order valence-electron chi connectivity index (χ4n) is 2.44. The van der Waals surface area contributed by atoms with E-state index < -0.39 is 0 Å². The number of aryl methyl sites for hydroxylation is 2. The summed E-state index contributed by atoms with van der Waals surface area (Å²) in [6.07, 6.45) is 7.28. The Morgan fingerprint density at radius 2 is 2.32 bits per heavy atom. The minimum absolute atomic E-state index is 0.118. The highest BCUT2D eigenvalue weighted by molar-refractivity contribution is 6.31. The van der Waals surface area contributed by atoms with Crippen molar-refractivity contribution in [3.63, 3.8) is 0 Å². The largest absolute Gasteiger partial charge is 0.394 e. The monoisotopic (exact) mass is 285 g/mol. The number of aliphatic hydroxyl groups is 1. The number of rotatable bonds is 8. The predicted molar refractivity (Wildman–Crippen MR) is 77.5 cm³/mol. The SMILES string of the molecule is CCC(CO)(CCCn1cc(Cl)c(C)n1)NC1CC1. The molecule has 1 unspecified atom stereocenters. The molecule has 0 aromatic carbocycles. The number of aliphatic hydroxyl groups excluding tert-OH is 1. The van der Waals surface area contributed by atoms with Gasteiger partial charge in [0.1, 0.15) is 0 Å². The van der Waals surface area contributed by atoms with Crippen LogP contribution in [0, 0.1) is 6.92 Å². The van der Waals surface area contributed by atoms with Gasteiger partial charge in [0.05, 0.1) is 17.3 Å². The van der Waals surface area contributed by atoms with E-state index in [0.717, 1.165) is 36.5 Å². The quantitative estimate of drug-likeness (QED) is 0.772. The lowest BCUT2D eigenvalue weighted by Crippen LogP contribution is -2.49. The third-order valence-electron chi connectivity index (χ3n) is 4.00. The van der Waals surface area contributed by atoms with Crippen molar-refractivity contribution < 1.29 is 5.11 Å². The van der Waals surface area contributed by atoms with E-state index in [1.165, 1.54) is 12.8 Å². The molecule has 1 atom stereocenters. The molecule has 4 nitrogen and oxygen atoms in total. The van der Waals surface area contributed by atoms with Crippen LogP contribution in [0.25, 0.3) is 0 Å². The van der Waals surface area contributed by atoms with Crippen molar-refractivity contribution in [2.24, 2.45) is 0 Å². The molecule has 5 heteroatoms. The van der Waals surface area contributed by atoms with Crippen LogP contribution >= 0.6 is 11.6 Å². The Morgan fingerprint density at radius 1 is 1.58 bits per heavy atom. The second-order valence-corrected chi connectivity index (χ2v) is 6.05. The highest BCUT2D eigenvalue weighted by atomic mass is 35.5. The standard InChI is InChI=1S/C14H24ClN3O/c1-3-14(10-19,16-12-5-6-12)7-4-8-18-9-13(15)11(2)17-18/h9,12,16,19H,3-8,10H2,1-2H3. The van der Waals surface area contributed by atoms with Crippen molar-refractivity contribution in [2.75, 3.05) is 6.61 Å². The van der Waals surface area contributed by atoms with E-state index in [1.807, 2.05) is 17.8 Å². The molecule has 0 saturated heterocycles. The Morgan fingerprint density at radius 3 is 2.79 bits per heavy atom. The van der Waals surface area contributed by atoms with E-state index in [4.69, 9.17) is 11.6 Å². The van der Waals surface area contributed by atoms with Crippen LogP contribution in [0.15, 0.2) is 6.20 Å². The van der Waals surface area contributed by atoms with E-state index in [9.17, 15) is 5.11 Å². The van der Waals surface area contributed by atoms with Crippen LogP contribution in [0.3, 0.4) is 0 Å². The fraction of sp³-hybridized carbons (Fsp3) is 0.786. The summed E-state index contributed by atoms with van der Waals surface area (Å²) in [7, 11) is 0. The molecule has 1 aromatic heterocycles. The van der Waals surface area contributed by atoms with Gasteiger partial charge in [0, 0.05) is 24.3 Å². The summed E-state index contributed by atoms with van der Waals surface area (Å²) in [5.41, 5.74) is 0.759. The lowest BCUT2D eigenvalue weighted by atomic mass is 9.91. The number of aromatic nitrogens is 2. The number of hydrogen-bond acceptors (Lipinski definition) is 3. The first-order chi connectivity index (χ1) is 9.08. The summed E-state index contributed by atoms with van der Waals surface area (Å²) >= 11 is 5.99. The van der Waals surface area contributed by atoms with Gasteiger partial charge in [-0.25, -0.2) is 0 Å². The number of nitrogens with one attached hydrogen (secondary N) is 1. The number of halogens is 1. The van der Waals surface area contributed by atoms with Crippen LogP contribution < -0.4 is 5.32 Å². The highest BCUT2D eigenvalue weighted by Crippen LogP contribution is 2.27. The molecular formula is C14H24ClN3O. The molecule has 108 valence electrons. The molecule has 1 aliphatic rings. The van der Waals surface area contributed by atoms with Gasteiger partial charge in [0.25, 0.3) is 0 Å². The molecule has 1 aliphatic carbocycles. The Kier molecular flexibility index (Phi) is 4.87. The molecule has 0 spiro atoms. The predicted octanol–water partition coefficient (Wildman–Crippen LogP) is 2.52. The van der Waals surface area contributed by atoms with Crippen LogP contribution in [0.2, 0.25) is 5.02 Å². The zero-order chi connectivity index (χ0) is 13.9. The maximum Gasteiger partial charge on any atom is 0.0814 e. The summed E-state index contributed by atoms with van der Waals surface area (Å²) in [5, 5.41) is 18.4. The van der Waals surface area contributed by atoms with Crippen molar-refractivity contribution in [3.05, 3.63) is 16.9 Å². The minimum Gasteiger partial charge on any atom is -0.394 e. The maximum absolute atomic E-state index is 9.69. The Hall–Kier alpha value is -0.580. The first kappa shape index (κ1) is 14.8. The molecule has 2 rings (SSSR count). The molecule has 1 saturated carbocycles. The van der Waals surface area contributed by atoms with E-state index >= 15 is 0 Å². The van der Waals surface area contributed by atoms with E-state index in [-0.39, 0.29) is 12.1 Å². The molecule has 0 amide bonds. The van der Waals surface area contributed by atoms with Gasteiger partial charge in [-0.05, 0) is 39.0 Å². The average molecular weight is 286 g/mol. The number of nitrogens with zero attached hydrogens (tertiary/aromatic N) is 2. The smallest absolute Gasteiger partial charge is 0.0814 e. The lowest BCUT2D eigenvalue weighted by molar-refractivity contribution is 0.140. The average Bonchev–Trinajstić information content (AvgIpc) is 3.15. The Balaban J connectivity index is 1.84. The summed E-state index contributed by atoms with van der Waals surface area (Å²) in [5.74, 6) is 0. The minimum atomic E-state index is -0.118. The van der Waals surface area contributed by atoms with Crippen molar-refractivity contribution in [3.8, 4) is 0 Å². The van der Waals surface area contributed by atoms with Crippen molar-refractivity contribution in [1.82, 2.24) is 15.1 Å². The van der Waals surface area contributed by atoms with Crippen molar-refractivity contribution in [1.29, 1.82) is 0 Å². The van der Waals surface area contributed by atoms with Crippen molar-refractivity contribution in [2.45, 2.75) is 64.1 Å². The summed E-state index contributed by atoms with van der Waals surface area (Å²) in [4.78, 5) is 0. The van der Waals surface area contributed by atoms with Gasteiger partial charge >= 0.3 is 0 Å². The summed E-state index contributed by atoms with van der Waals surface area (Å²) < 4.78 is 1.90.